The van der Waals surface area contributed by atoms with Crippen LogP contribution in [0.2, 0.25) is 0 Å². The minimum Gasteiger partial charge on any atom is -0.325 e. The molecule has 2 aromatic carbocycles. The van der Waals surface area contributed by atoms with Crippen LogP contribution in [0.5, 0.6) is 0 Å². The first kappa shape index (κ1) is 20.3. The highest BCUT2D eigenvalue weighted by molar-refractivity contribution is 7.99. The van der Waals surface area contributed by atoms with Gasteiger partial charge in [-0.1, -0.05) is 30.0 Å². The molecule has 0 aliphatic rings. The average Bonchev–Trinajstić information content (AvgIpc) is 3.18. The molecule has 8 heteroatoms. The largest absolute Gasteiger partial charge is 0.325 e. The van der Waals surface area contributed by atoms with Crippen molar-refractivity contribution < 1.29 is 9.18 Å². The minimum atomic E-state index is -0.377. The summed E-state index contributed by atoms with van der Waals surface area (Å²) in [5.74, 6) is -0.652. The molecule has 1 amide bonds. The van der Waals surface area contributed by atoms with Gasteiger partial charge in [-0.15, -0.1) is 11.3 Å². The molecule has 0 bridgehead atoms. The molecule has 0 saturated carbocycles. The molecule has 0 aliphatic heterocycles. The Balaban J connectivity index is 1.63. The van der Waals surface area contributed by atoms with E-state index in [0.717, 1.165) is 5.56 Å². The number of fused-ring (bicyclic) bond motifs is 1. The predicted molar refractivity (Wildman–Crippen MR) is 120 cm³/mol. The number of benzene rings is 2. The minimum absolute atomic E-state index is 0.0311. The number of carbonyl (C=O) groups is 1. The first-order chi connectivity index (χ1) is 14.4. The quantitative estimate of drug-likeness (QED) is 0.354. The Bertz CT molecular complexity index is 1310. The number of aryl methyl sites for hydroxylation is 2. The zero-order valence-corrected chi connectivity index (χ0v) is 17.9. The van der Waals surface area contributed by atoms with Crippen molar-refractivity contribution >= 4 is 44.9 Å². The highest BCUT2D eigenvalue weighted by Crippen LogP contribution is 2.24. The van der Waals surface area contributed by atoms with E-state index in [-0.39, 0.29) is 23.0 Å². The molecule has 0 fully saturated rings. The van der Waals surface area contributed by atoms with E-state index in [1.54, 1.807) is 25.1 Å². The van der Waals surface area contributed by atoms with Crippen molar-refractivity contribution in [1.82, 2.24) is 9.55 Å². The maximum Gasteiger partial charge on any atom is 0.276 e. The molecule has 5 nitrogen and oxygen atoms in total. The van der Waals surface area contributed by atoms with E-state index < -0.39 is 0 Å². The number of hydrogen-bond donors (Lipinski definition) is 1. The molecule has 0 radical (unpaired) electrons. The van der Waals surface area contributed by atoms with E-state index in [2.05, 4.69) is 10.3 Å². The Hall–Kier alpha value is -2.97. The number of anilines is 1. The van der Waals surface area contributed by atoms with E-state index in [9.17, 15) is 14.0 Å². The summed E-state index contributed by atoms with van der Waals surface area (Å²) in [7, 11) is 0. The van der Waals surface area contributed by atoms with Crippen LogP contribution >= 0.6 is 23.1 Å². The van der Waals surface area contributed by atoms with E-state index >= 15 is 0 Å². The fourth-order valence-corrected chi connectivity index (χ4v) is 4.55. The van der Waals surface area contributed by atoms with Gasteiger partial charge in [-0.05, 0) is 60.7 Å². The Morgan fingerprint density at radius 1 is 1.20 bits per heavy atom. The van der Waals surface area contributed by atoms with Crippen LogP contribution in [0.4, 0.5) is 10.1 Å². The first-order valence-electron chi connectivity index (χ1n) is 9.18. The monoisotopic (exact) mass is 439 g/mol. The lowest BCUT2D eigenvalue weighted by atomic mass is 10.2. The highest BCUT2D eigenvalue weighted by Gasteiger charge is 2.16. The zero-order chi connectivity index (χ0) is 21.3. The normalized spacial score (nSPS) is 11.0. The van der Waals surface area contributed by atoms with Crippen LogP contribution in [0.1, 0.15) is 11.1 Å². The lowest BCUT2D eigenvalue weighted by molar-refractivity contribution is -0.113. The summed E-state index contributed by atoms with van der Waals surface area (Å²) in [6.07, 6.45) is 0. The van der Waals surface area contributed by atoms with Crippen molar-refractivity contribution in [3.8, 4) is 5.69 Å². The predicted octanol–water partition coefficient (Wildman–Crippen LogP) is 4.93. The van der Waals surface area contributed by atoms with Gasteiger partial charge in [0.1, 0.15) is 10.5 Å². The molecule has 0 spiro atoms. The fraction of sp³-hybridized carbons (Fsp3) is 0.136. The summed E-state index contributed by atoms with van der Waals surface area (Å²) < 4.78 is 15.8. The molecule has 0 saturated heterocycles. The Morgan fingerprint density at radius 2 is 2.03 bits per heavy atom. The standard InChI is InChI=1S/C22H18FN3O2S2/c1-13-4-3-5-16(10-13)26-21(28)20-18(8-9-29-20)25-22(26)30-12-19(27)24-15-7-6-14(2)17(23)11-15/h3-11H,12H2,1-2H3,(H,24,27). The molecule has 0 aliphatic carbocycles. The lowest BCUT2D eigenvalue weighted by Gasteiger charge is -2.13. The SMILES string of the molecule is Cc1cccc(-n2c(SCC(=O)Nc3ccc(C)c(F)c3)nc3ccsc3c2=O)c1. The van der Waals surface area contributed by atoms with Crippen molar-refractivity contribution in [3.05, 3.63) is 81.2 Å². The van der Waals surface area contributed by atoms with Crippen LogP contribution in [0.3, 0.4) is 0 Å². The van der Waals surface area contributed by atoms with E-state index in [1.165, 1.54) is 33.7 Å². The van der Waals surface area contributed by atoms with Gasteiger partial charge >= 0.3 is 0 Å². The topological polar surface area (TPSA) is 64.0 Å². The van der Waals surface area contributed by atoms with Gasteiger partial charge in [-0.25, -0.2) is 9.37 Å². The van der Waals surface area contributed by atoms with Crippen LogP contribution in [0.25, 0.3) is 15.9 Å². The number of carbonyl (C=O) groups excluding carboxylic acids is 1. The van der Waals surface area contributed by atoms with Gasteiger partial charge in [0.05, 0.1) is 17.0 Å². The Kier molecular flexibility index (Phi) is 5.69. The fourth-order valence-electron chi connectivity index (χ4n) is 2.98. The number of thioether (sulfide) groups is 1. The van der Waals surface area contributed by atoms with Crippen molar-refractivity contribution in [2.45, 2.75) is 19.0 Å². The summed E-state index contributed by atoms with van der Waals surface area (Å²) in [6, 6.07) is 13.9. The Labute approximate surface area is 180 Å². The van der Waals surface area contributed by atoms with Gasteiger partial charge in [0.15, 0.2) is 5.16 Å². The van der Waals surface area contributed by atoms with E-state index in [4.69, 9.17) is 0 Å². The van der Waals surface area contributed by atoms with Crippen LogP contribution in [-0.2, 0) is 4.79 Å². The van der Waals surface area contributed by atoms with Gasteiger partial charge in [0, 0.05) is 5.69 Å². The lowest BCUT2D eigenvalue weighted by Crippen LogP contribution is -2.22. The van der Waals surface area contributed by atoms with Gasteiger partial charge in [0.25, 0.3) is 5.56 Å². The van der Waals surface area contributed by atoms with E-state index in [0.29, 0.717) is 32.3 Å². The molecule has 2 heterocycles. The Morgan fingerprint density at radius 3 is 2.80 bits per heavy atom. The molecule has 30 heavy (non-hydrogen) atoms. The van der Waals surface area contributed by atoms with Crippen molar-refractivity contribution in [2.75, 3.05) is 11.1 Å². The molecule has 0 unspecified atom stereocenters. The third-order valence-electron chi connectivity index (χ3n) is 4.50. The number of nitrogens with zero attached hydrogens (tertiary/aromatic N) is 2. The maximum atomic E-state index is 13.7. The number of rotatable bonds is 5. The van der Waals surface area contributed by atoms with Gasteiger partial charge < -0.3 is 5.32 Å². The first-order valence-corrected chi connectivity index (χ1v) is 11.0. The average molecular weight is 440 g/mol. The second kappa shape index (κ2) is 8.41. The molecule has 4 rings (SSSR count). The molecular weight excluding hydrogens is 421 g/mol. The molecule has 2 aromatic heterocycles. The van der Waals surface area contributed by atoms with Crippen molar-refractivity contribution in [1.29, 1.82) is 0 Å². The summed E-state index contributed by atoms with van der Waals surface area (Å²) in [4.78, 5) is 30.1. The molecule has 1 N–H and O–H groups in total. The molecule has 4 aromatic rings. The van der Waals surface area contributed by atoms with Crippen LogP contribution in [0.15, 0.2) is 63.9 Å². The number of amides is 1. The number of nitrogens with one attached hydrogen (secondary N) is 1. The number of aromatic nitrogens is 2. The number of hydrogen-bond acceptors (Lipinski definition) is 5. The third-order valence-corrected chi connectivity index (χ3v) is 6.33. The van der Waals surface area contributed by atoms with Crippen LogP contribution in [-0.4, -0.2) is 21.2 Å². The smallest absolute Gasteiger partial charge is 0.276 e. The summed E-state index contributed by atoms with van der Waals surface area (Å²) in [5.41, 5.74) is 3.06. The van der Waals surface area contributed by atoms with E-state index in [1.807, 2.05) is 36.6 Å². The third kappa shape index (κ3) is 4.15. The van der Waals surface area contributed by atoms with Crippen molar-refractivity contribution in [3.63, 3.8) is 0 Å². The second-order valence-electron chi connectivity index (χ2n) is 6.81. The maximum absolute atomic E-state index is 13.7. The van der Waals surface area contributed by atoms with Gasteiger partial charge in [0.2, 0.25) is 5.91 Å². The van der Waals surface area contributed by atoms with Gasteiger partial charge in [-0.2, -0.15) is 0 Å². The zero-order valence-electron chi connectivity index (χ0n) is 16.3. The van der Waals surface area contributed by atoms with Crippen LogP contribution in [0, 0.1) is 19.7 Å². The molecule has 152 valence electrons. The summed E-state index contributed by atoms with van der Waals surface area (Å²) >= 11 is 2.51. The number of halogens is 1. The molecular formula is C22H18FN3O2S2. The number of thiophene rings is 1. The second-order valence-corrected chi connectivity index (χ2v) is 8.67. The molecule has 0 atom stereocenters. The van der Waals surface area contributed by atoms with Gasteiger partial charge in [-0.3, -0.25) is 14.2 Å². The summed E-state index contributed by atoms with van der Waals surface area (Å²) in [5, 5.41) is 4.94. The van der Waals surface area contributed by atoms with Crippen molar-refractivity contribution in [2.24, 2.45) is 0 Å². The summed E-state index contributed by atoms with van der Waals surface area (Å²) in [6.45, 7) is 3.61. The van der Waals surface area contributed by atoms with Crippen LogP contribution < -0.4 is 10.9 Å². The highest BCUT2D eigenvalue weighted by atomic mass is 32.2.